The van der Waals surface area contributed by atoms with Crippen molar-refractivity contribution in [2.75, 3.05) is 11.9 Å². The second kappa shape index (κ2) is 5.90. The molecule has 0 aliphatic rings. The molecule has 1 aromatic rings. The molecule has 0 bridgehead atoms. The lowest BCUT2D eigenvalue weighted by Gasteiger charge is -2.09. The third kappa shape index (κ3) is 3.80. The average molecular weight is 255 g/mol. The Bertz CT molecular complexity index is 465. The van der Waals surface area contributed by atoms with Crippen LogP contribution in [0.4, 0.5) is 15.8 Å². The van der Waals surface area contributed by atoms with E-state index < -0.39 is 10.7 Å². The molecule has 0 fully saturated rings. The van der Waals surface area contributed by atoms with Crippen LogP contribution in [0.25, 0.3) is 0 Å². The number of thiocarbonyl (C=S) groups is 1. The molecule has 0 aliphatic heterocycles. The van der Waals surface area contributed by atoms with Gasteiger partial charge in [-0.15, -0.1) is 6.58 Å². The first-order chi connectivity index (χ1) is 8.04. The SMILES string of the molecule is C=CCNC(=S)Nc1ccc(F)cc1[N+](=O)[O-]. The molecule has 7 heteroatoms. The summed E-state index contributed by atoms with van der Waals surface area (Å²) in [6.07, 6.45) is 1.59. The van der Waals surface area contributed by atoms with Gasteiger partial charge in [0.1, 0.15) is 11.5 Å². The van der Waals surface area contributed by atoms with Crippen LogP contribution in [-0.4, -0.2) is 16.6 Å². The zero-order valence-corrected chi connectivity index (χ0v) is 9.59. The predicted molar refractivity (Wildman–Crippen MR) is 67.5 cm³/mol. The normalized spacial score (nSPS) is 9.47. The van der Waals surface area contributed by atoms with Gasteiger partial charge in [-0.05, 0) is 24.4 Å². The summed E-state index contributed by atoms with van der Waals surface area (Å²) < 4.78 is 12.9. The number of halogens is 1. The van der Waals surface area contributed by atoms with Crippen molar-refractivity contribution in [3.8, 4) is 0 Å². The Balaban J connectivity index is 2.86. The molecule has 0 saturated carbocycles. The number of nitro benzene ring substituents is 1. The summed E-state index contributed by atoms with van der Waals surface area (Å²) in [5.74, 6) is -0.674. The summed E-state index contributed by atoms with van der Waals surface area (Å²) >= 11 is 4.89. The lowest BCUT2D eigenvalue weighted by Crippen LogP contribution is -2.28. The second-order valence-electron chi connectivity index (χ2n) is 3.04. The molecule has 0 heterocycles. The van der Waals surface area contributed by atoms with E-state index in [0.29, 0.717) is 6.54 Å². The fraction of sp³-hybridized carbons (Fsp3) is 0.100. The number of nitro groups is 1. The number of benzene rings is 1. The number of hydrogen-bond acceptors (Lipinski definition) is 3. The zero-order chi connectivity index (χ0) is 12.8. The van der Waals surface area contributed by atoms with Crippen molar-refractivity contribution < 1.29 is 9.31 Å². The van der Waals surface area contributed by atoms with Gasteiger partial charge in [0, 0.05) is 6.54 Å². The van der Waals surface area contributed by atoms with Gasteiger partial charge < -0.3 is 10.6 Å². The average Bonchev–Trinajstić information content (AvgIpc) is 2.28. The molecular weight excluding hydrogens is 245 g/mol. The maximum absolute atomic E-state index is 12.9. The molecule has 0 aromatic heterocycles. The standard InChI is InChI=1S/C10H10FN3O2S/c1-2-5-12-10(17)13-8-4-3-7(11)6-9(8)14(15)16/h2-4,6H,1,5H2,(H2,12,13,17). The topological polar surface area (TPSA) is 67.2 Å². The van der Waals surface area contributed by atoms with E-state index >= 15 is 0 Å². The summed E-state index contributed by atoms with van der Waals surface area (Å²) in [6, 6.07) is 3.21. The molecule has 0 aliphatic carbocycles. The maximum atomic E-state index is 12.9. The Labute approximate surface area is 102 Å². The minimum Gasteiger partial charge on any atom is -0.359 e. The summed E-state index contributed by atoms with van der Waals surface area (Å²) in [7, 11) is 0. The Morgan fingerprint density at radius 1 is 1.65 bits per heavy atom. The molecule has 2 N–H and O–H groups in total. The van der Waals surface area contributed by atoms with E-state index in [-0.39, 0.29) is 16.5 Å². The van der Waals surface area contributed by atoms with Crippen LogP contribution in [-0.2, 0) is 0 Å². The highest BCUT2D eigenvalue weighted by Gasteiger charge is 2.15. The molecular formula is C10H10FN3O2S. The first kappa shape index (κ1) is 13.0. The highest BCUT2D eigenvalue weighted by Crippen LogP contribution is 2.24. The fourth-order valence-corrected chi connectivity index (χ4v) is 1.29. The number of nitrogens with one attached hydrogen (secondary N) is 2. The van der Waals surface area contributed by atoms with E-state index in [9.17, 15) is 14.5 Å². The molecule has 0 atom stereocenters. The minimum absolute atomic E-state index is 0.137. The highest BCUT2D eigenvalue weighted by atomic mass is 32.1. The number of rotatable bonds is 4. The van der Waals surface area contributed by atoms with Gasteiger partial charge in [-0.3, -0.25) is 10.1 Å². The monoisotopic (exact) mass is 255 g/mol. The van der Waals surface area contributed by atoms with Gasteiger partial charge >= 0.3 is 0 Å². The fourth-order valence-electron chi connectivity index (χ4n) is 1.09. The molecule has 5 nitrogen and oxygen atoms in total. The van der Waals surface area contributed by atoms with E-state index in [1.165, 1.54) is 6.07 Å². The van der Waals surface area contributed by atoms with Crippen LogP contribution >= 0.6 is 12.2 Å². The zero-order valence-electron chi connectivity index (χ0n) is 8.77. The first-order valence-electron chi connectivity index (χ1n) is 4.64. The largest absolute Gasteiger partial charge is 0.359 e. The third-order valence-corrected chi connectivity index (χ3v) is 2.06. The van der Waals surface area contributed by atoms with Gasteiger partial charge in [0.25, 0.3) is 5.69 Å². The number of nitrogens with zero attached hydrogens (tertiary/aromatic N) is 1. The van der Waals surface area contributed by atoms with Gasteiger partial charge in [-0.25, -0.2) is 4.39 Å². The van der Waals surface area contributed by atoms with Gasteiger partial charge in [0.05, 0.1) is 11.0 Å². The van der Waals surface area contributed by atoms with Gasteiger partial charge in [0.15, 0.2) is 5.11 Å². The van der Waals surface area contributed by atoms with E-state index in [0.717, 1.165) is 12.1 Å². The van der Waals surface area contributed by atoms with Crippen LogP contribution in [0.1, 0.15) is 0 Å². The summed E-state index contributed by atoms with van der Waals surface area (Å²) in [5, 5.41) is 16.3. The number of anilines is 1. The summed E-state index contributed by atoms with van der Waals surface area (Å²) in [5.41, 5.74) is -0.231. The number of hydrogen-bond donors (Lipinski definition) is 2. The van der Waals surface area contributed by atoms with E-state index in [1.807, 2.05) is 0 Å². The minimum atomic E-state index is -0.679. The van der Waals surface area contributed by atoms with Crippen molar-refractivity contribution in [3.05, 3.63) is 46.8 Å². The van der Waals surface area contributed by atoms with E-state index in [4.69, 9.17) is 12.2 Å². The van der Waals surface area contributed by atoms with Gasteiger partial charge in [0.2, 0.25) is 0 Å². The smallest absolute Gasteiger partial charge is 0.295 e. The lowest BCUT2D eigenvalue weighted by atomic mass is 10.2. The molecule has 17 heavy (non-hydrogen) atoms. The molecule has 90 valence electrons. The molecule has 1 rings (SSSR count). The Kier molecular flexibility index (Phi) is 4.53. The molecule has 1 aromatic carbocycles. The third-order valence-electron chi connectivity index (χ3n) is 1.81. The van der Waals surface area contributed by atoms with Crippen LogP contribution < -0.4 is 10.6 Å². The van der Waals surface area contributed by atoms with Crippen molar-refractivity contribution in [1.82, 2.24) is 5.32 Å². The lowest BCUT2D eigenvalue weighted by molar-refractivity contribution is -0.384. The quantitative estimate of drug-likeness (QED) is 0.373. The molecule has 0 amide bonds. The van der Waals surface area contributed by atoms with Gasteiger partial charge in [-0.1, -0.05) is 6.08 Å². The first-order valence-corrected chi connectivity index (χ1v) is 5.05. The maximum Gasteiger partial charge on any atom is 0.295 e. The molecule has 0 spiro atoms. The second-order valence-corrected chi connectivity index (χ2v) is 3.45. The van der Waals surface area contributed by atoms with Crippen LogP contribution in [0.2, 0.25) is 0 Å². The molecule has 0 saturated heterocycles. The van der Waals surface area contributed by atoms with Crippen LogP contribution in [0.3, 0.4) is 0 Å². The Hall–Kier alpha value is -2.02. The predicted octanol–water partition coefficient (Wildman–Crippen LogP) is 2.21. The molecule has 0 radical (unpaired) electrons. The summed E-state index contributed by atoms with van der Waals surface area (Å²) in [6.45, 7) is 3.92. The van der Waals surface area contributed by atoms with Crippen molar-refractivity contribution >= 4 is 28.7 Å². The van der Waals surface area contributed by atoms with Crippen LogP contribution in [0.15, 0.2) is 30.9 Å². The van der Waals surface area contributed by atoms with Crippen LogP contribution in [0.5, 0.6) is 0 Å². The van der Waals surface area contributed by atoms with Crippen molar-refractivity contribution in [3.63, 3.8) is 0 Å². The highest BCUT2D eigenvalue weighted by molar-refractivity contribution is 7.80. The summed E-state index contributed by atoms with van der Waals surface area (Å²) in [4.78, 5) is 10.0. The van der Waals surface area contributed by atoms with Crippen molar-refractivity contribution in [2.24, 2.45) is 0 Å². The van der Waals surface area contributed by atoms with E-state index in [1.54, 1.807) is 6.08 Å². The van der Waals surface area contributed by atoms with Gasteiger partial charge in [-0.2, -0.15) is 0 Å². The Morgan fingerprint density at radius 2 is 2.35 bits per heavy atom. The molecule has 0 unspecified atom stereocenters. The van der Waals surface area contributed by atoms with Crippen LogP contribution in [0, 0.1) is 15.9 Å². The Morgan fingerprint density at radius 3 is 2.94 bits per heavy atom. The van der Waals surface area contributed by atoms with Crippen molar-refractivity contribution in [1.29, 1.82) is 0 Å². The van der Waals surface area contributed by atoms with Crippen molar-refractivity contribution in [2.45, 2.75) is 0 Å². The van der Waals surface area contributed by atoms with E-state index in [2.05, 4.69) is 17.2 Å².